The Morgan fingerprint density at radius 3 is 2.42 bits per heavy atom. The molecule has 0 aromatic heterocycles. The number of carboxylic acid groups (broad SMARTS) is 1. The van der Waals surface area contributed by atoms with Gasteiger partial charge in [-0.25, -0.2) is 0 Å². The molecule has 1 N–H and O–H groups in total. The number of aliphatic carboxylic acids is 1. The molecule has 0 unspecified atom stereocenters. The second-order valence-electron chi connectivity index (χ2n) is 8.29. The number of likely N-dealkylation sites (tertiary alicyclic amines) is 1. The van der Waals surface area contributed by atoms with Crippen LogP contribution in [0.1, 0.15) is 64.7 Å². The van der Waals surface area contributed by atoms with Gasteiger partial charge in [0.05, 0.1) is 6.54 Å². The van der Waals surface area contributed by atoms with Crippen molar-refractivity contribution >= 4 is 11.9 Å². The molecule has 3 aliphatic rings. The van der Waals surface area contributed by atoms with E-state index in [-0.39, 0.29) is 12.5 Å². The highest BCUT2D eigenvalue weighted by atomic mass is 16.4. The molecule has 1 saturated heterocycles. The second kappa shape index (κ2) is 7.42. The number of nitrogens with zero attached hydrogens (tertiary/aromatic N) is 2. The van der Waals surface area contributed by atoms with Crippen molar-refractivity contribution < 1.29 is 14.7 Å². The zero-order valence-electron chi connectivity index (χ0n) is 15.1. The average Bonchev–Trinajstić information content (AvgIpc) is 2.94. The molecule has 2 aliphatic carbocycles. The molecule has 5 nitrogen and oxygen atoms in total. The van der Waals surface area contributed by atoms with Crippen LogP contribution in [-0.2, 0) is 9.59 Å². The summed E-state index contributed by atoms with van der Waals surface area (Å²) >= 11 is 0. The van der Waals surface area contributed by atoms with Gasteiger partial charge in [0, 0.05) is 19.1 Å². The highest BCUT2D eigenvalue weighted by Crippen LogP contribution is 2.39. The number of hydrogen-bond acceptors (Lipinski definition) is 3. The van der Waals surface area contributed by atoms with Gasteiger partial charge in [-0.05, 0) is 56.8 Å². The third kappa shape index (κ3) is 3.61. The van der Waals surface area contributed by atoms with Crippen LogP contribution in [0.4, 0.5) is 0 Å². The smallest absolute Gasteiger partial charge is 0.320 e. The predicted molar refractivity (Wildman–Crippen MR) is 92.7 cm³/mol. The van der Waals surface area contributed by atoms with Crippen LogP contribution >= 0.6 is 0 Å². The van der Waals surface area contributed by atoms with E-state index in [0.29, 0.717) is 18.0 Å². The quantitative estimate of drug-likeness (QED) is 0.857. The summed E-state index contributed by atoms with van der Waals surface area (Å²) in [5, 5.41) is 9.59. The van der Waals surface area contributed by atoms with Gasteiger partial charge in [-0.15, -0.1) is 0 Å². The Hall–Kier alpha value is -1.10. The van der Waals surface area contributed by atoms with Gasteiger partial charge in [-0.1, -0.05) is 19.8 Å². The molecule has 3 fully saturated rings. The van der Waals surface area contributed by atoms with Crippen molar-refractivity contribution in [3.05, 3.63) is 0 Å². The van der Waals surface area contributed by atoms with E-state index in [4.69, 9.17) is 0 Å². The highest BCUT2D eigenvalue weighted by molar-refractivity contribution is 5.80. The summed E-state index contributed by atoms with van der Waals surface area (Å²) in [6, 6.07) is 0.159. The van der Waals surface area contributed by atoms with Gasteiger partial charge in [0.2, 0.25) is 5.91 Å². The number of rotatable bonds is 4. The SMILES string of the molecule is CC1CCC(N(C)C(=O)CN2[C@H](C(=O)O)C[C@H]3CCCC[C@@H]32)CC1. The summed E-state index contributed by atoms with van der Waals surface area (Å²) in [5.74, 6) is 0.578. The third-order valence-electron chi connectivity index (χ3n) is 6.75. The van der Waals surface area contributed by atoms with Gasteiger partial charge in [0.1, 0.15) is 6.04 Å². The average molecular weight is 336 g/mol. The monoisotopic (exact) mass is 336 g/mol. The first-order chi connectivity index (χ1) is 11.5. The van der Waals surface area contributed by atoms with Crippen LogP contribution < -0.4 is 0 Å². The molecule has 1 aliphatic heterocycles. The molecule has 0 spiro atoms. The van der Waals surface area contributed by atoms with Gasteiger partial charge < -0.3 is 10.0 Å². The normalized spacial score (nSPS) is 37.0. The van der Waals surface area contributed by atoms with Crippen molar-refractivity contribution in [3.63, 3.8) is 0 Å². The van der Waals surface area contributed by atoms with Crippen LogP contribution in [0.25, 0.3) is 0 Å². The van der Waals surface area contributed by atoms with Gasteiger partial charge in [-0.2, -0.15) is 0 Å². The number of carbonyl (C=O) groups is 2. The molecule has 1 heterocycles. The van der Waals surface area contributed by atoms with Crippen molar-refractivity contribution in [1.82, 2.24) is 9.80 Å². The van der Waals surface area contributed by atoms with Crippen LogP contribution in [0, 0.1) is 11.8 Å². The molecule has 5 heteroatoms. The molecule has 3 atom stereocenters. The zero-order valence-corrected chi connectivity index (χ0v) is 15.1. The van der Waals surface area contributed by atoms with Crippen molar-refractivity contribution in [1.29, 1.82) is 0 Å². The molecule has 3 rings (SSSR count). The minimum Gasteiger partial charge on any atom is -0.480 e. The summed E-state index contributed by atoms with van der Waals surface area (Å²) in [4.78, 5) is 28.4. The number of carboxylic acids is 1. The first-order valence-corrected chi connectivity index (χ1v) is 9.71. The fourth-order valence-electron chi connectivity index (χ4n) is 5.12. The van der Waals surface area contributed by atoms with E-state index >= 15 is 0 Å². The van der Waals surface area contributed by atoms with Crippen molar-refractivity contribution in [3.8, 4) is 0 Å². The molecule has 2 saturated carbocycles. The Balaban J connectivity index is 1.63. The Labute approximate surface area is 145 Å². The minimum atomic E-state index is -0.758. The lowest BCUT2D eigenvalue weighted by Crippen LogP contribution is -2.50. The number of fused-ring (bicyclic) bond motifs is 1. The number of likely N-dealkylation sites (N-methyl/N-ethyl adjacent to an activating group) is 1. The third-order valence-corrected chi connectivity index (χ3v) is 6.75. The maximum atomic E-state index is 12.8. The van der Waals surface area contributed by atoms with Crippen molar-refractivity contribution in [2.24, 2.45) is 11.8 Å². The van der Waals surface area contributed by atoms with Gasteiger partial charge in [0.15, 0.2) is 0 Å². The first kappa shape index (κ1) is 17.7. The molecule has 0 radical (unpaired) electrons. The molecular weight excluding hydrogens is 304 g/mol. The Morgan fingerprint density at radius 1 is 1.08 bits per heavy atom. The highest BCUT2D eigenvalue weighted by Gasteiger charge is 2.46. The van der Waals surface area contributed by atoms with Crippen molar-refractivity contribution in [2.45, 2.75) is 82.8 Å². The van der Waals surface area contributed by atoms with Crippen LogP contribution in [-0.4, -0.2) is 58.5 Å². The predicted octanol–water partition coefficient (Wildman–Crippen LogP) is 2.74. The summed E-state index contributed by atoms with van der Waals surface area (Å²) in [7, 11) is 1.91. The van der Waals surface area contributed by atoms with E-state index < -0.39 is 12.0 Å². The molecule has 24 heavy (non-hydrogen) atoms. The lowest BCUT2D eigenvalue weighted by atomic mass is 9.84. The molecule has 136 valence electrons. The largest absolute Gasteiger partial charge is 0.480 e. The summed E-state index contributed by atoms with van der Waals surface area (Å²) < 4.78 is 0. The zero-order chi connectivity index (χ0) is 17.3. The first-order valence-electron chi connectivity index (χ1n) is 9.71. The number of hydrogen-bond donors (Lipinski definition) is 1. The molecule has 0 aromatic rings. The van der Waals surface area contributed by atoms with Gasteiger partial charge in [0.25, 0.3) is 0 Å². The lowest BCUT2D eigenvalue weighted by Gasteiger charge is -2.37. The van der Waals surface area contributed by atoms with E-state index in [1.165, 1.54) is 19.3 Å². The standard InChI is InChI=1S/C19H32N2O3/c1-13-7-9-15(10-8-13)20(2)18(22)12-21-16-6-4-3-5-14(16)11-17(21)19(23)24/h13-17H,3-12H2,1-2H3,(H,23,24)/t13?,14-,15?,16+,17+/m1/s1. The molecular formula is C19H32N2O3. The maximum Gasteiger partial charge on any atom is 0.320 e. The Bertz CT molecular complexity index is 473. The van der Waals surface area contributed by atoms with E-state index in [1.807, 2.05) is 16.8 Å². The van der Waals surface area contributed by atoms with Crippen LogP contribution in [0.5, 0.6) is 0 Å². The van der Waals surface area contributed by atoms with Crippen molar-refractivity contribution in [2.75, 3.05) is 13.6 Å². The van der Waals surface area contributed by atoms with Crippen LogP contribution in [0.2, 0.25) is 0 Å². The van der Waals surface area contributed by atoms with E-state index in [2.05, 4.69) is 6.92 Å². The molecule has 0 bridgehead atoms. The van der Waals surface area contributed by atoms with E-state index in [0.717, 1.165) is 44.4 Å². The number of carbonyl (C=O) groups excluding carboxylic acids is 1. The Kier molecular flexibility index (Phi) is 5.48. The fourth-order valence-corrected chi connectivity index (χ4v) is 5.12. The Morgan fingerprint density at radius 2 is 1.75 bits per heavy atom. The van der Waals surface area contributed by atoms with Gasteiger partial charge in [-0.3, -0.25) is 14.5 Å². The summed E-state index contributed by atoms with van der Waals surface area (Å²) in [5.41, 5.74) is 0. The maximum absolute atomic E-state index is 12.8. The topological polar surface area (TPSA) is 60.9 Å². The van der Waals surface area contributed by atoms with Crippen LogP contribution in [0.15, 0.2) is 0 Å². The summed E-state index contributed by atoms with van der Waals surface area (Å²) in [6.45, 7) is 2.56. The van der Waals surface area contributed by atoms with E-state index in [1.54, 1.807) is 0 Å². The summed E-state index contributed by atoms with van der Waals surface area (Å²) in [6.07, 6.45) is 9.79. The second-order valence-corrected chi connectivity index (χ2v) is 8.29. The number of amides is 1. The minimum absolute atomic E-state index is 0.104. The fraction of sp³-hybridized carbons (Fsp3) is 0.895. The van der Waals surface area contributed by atoms with Crippen LogP contribution in [0.3, 0.4) is 0 Å². The van der Waals surface area contributed by atoms with Gasteiger partial charge >= 0.3 is 5.97 Å². The molecule has 0 aromatic carbocycles. The molecule has 1 amide bonds. The van der Waals surface area contributed by atoms with E-state index in [9.17, 15) is 14.7 Å². The lowest BCUT2D eigenvalue weighted by molar-refractivity contribution is -0.144.